The lowest BCUT2D eigenvalue weighted by atomic mass is 9.79. The fourth-order valence-electron chi connectivity index (χ4n) is 1.73. The van der Waals surface area contributed by atoms with Crippen LogP contribution >= 0.6 is 0 Å². The van der Waals surface area contributed by atoms with Gasteiger partial charge in [0.25, 0.3) is 0 Å². The van der Waals surface area contributed by atoms with Crippen LogP contribution in [0.1, 0.15) is 29.8 Å². The first-order valence-electron chi connectivity index (χ1n) is 4.61. The van der Waals surface area contributed by atoms with E-state index in [0.29, 0.717) is 0 Å². The predicted molar refractivity (Wildman–Crippen MR) is 49.8 cm³/mol. The minimum Gasteiger partial charge on any atom is -0.389 e. The number of carbonyl (C=O) groups excluding carboxylic acids is 2. The lowest BCUT2D eigenvalue weighted by molar-refractivity contribution is -0.144. The molecule has 1 heterocycles. The van der Waals surface area contributed by atoms with Crippen LogP contribution < -0.4 is 0 Å². The summed E-state index contributed by atoms with van der Waals surface area (Å²) in [5.41, 5.74) is -2.10. The van der Waals surface area contributed by atoms with E-state index in [-0.39, 0.29) is 5.56 Å². The molecule has 0 N–H and O–H groups in total. The lowest BCUT2D eigenvalue weighted by Gasteiger charge is -2.29. The first kappa shape index (κ1) is 10.7. The van der Waals surface area contributed by atoms with Crippen molar-refractivity contribution in [3.63, 3.8) is 0 Å². The van der Waals surface area contributed by atoms with E-state index in [1.54, 1.807) is 0 Å². The van der Waals surface area contributed by atoms with Gasteiger partial charge in [-0.1, -0.05) is 0 Å². The van der Waals surface area contributed by atoms with Gasteiger partial charge in [-0.2, -0.15) is 0 Å². The van der Waals surface area contributed by atoms with Crippen molar-refractivity contribution >= 4 is 11.9 Å². The lowest BCUT2D eigenvalue weighted by Crippen LogP contribution is -2.40. The van der Waals surface area contributed by atoms with Gasteiger partial charge in [-0.25, -0.2) is 13.6 Å². The molecular formula is C11H8F2O3. The molecule has 0 saturated heterocycles. The standard InChI is InChI=1S/C11H8F2O3/c1-11(2)8-6(13)4-3-5(12)7(8)9(14)16-10(11)15/h3-4H,1-2H3. The number of benzene rings is 1. The maximum atomic E-state index is 13.6. The Morgan fingerprint density at radius 2 is 1.69 bits per heavy atom. The van der Waals surface area contributed by atoms with E-state index in [4.69, 9.17) is 0 Å². The molecule has 3 nitrogen and oxygen atoms in total. The summed E-state index contributed by atoms with van der Waals surface area (Å²) < 4.78 is 31.3. The summed E-state index contributed by atoms with van der Waals surface area (Å²) in [5, 5.41) is 0. The first-order valence-corrected chi connectivity index (χ1v) is 4.61. The fourth-order valence-corrected chi connectivity index (χ4v) is 1.73. The highest BCUT2D eigenvalue weighted by atomic mass is 19.1. The molecule has 0 saturated carbocycles. The second kappa shape index (κ2) is 3.10. The number of esters is 2. The summed E-state index contributed by atoms with van der Waals surface area (Å²) in [6.45, 7) is 2.76. The minimum absolute atomic E-state index is 0.242. The van der Waals surface area contributed by atoms with Crippen LogP contribution in [-0.2, 0) is 14.9 Å². The van der Waals surface area contributed by atoms with Crippen LogP contribution in [0.2, 0.25) is 0 Å². The molecular weight excluding hydrogens is 218 g/mol. The van der Waals surface area contributed by atoms with E-state index in [1.807, 2.05) is 0 Å². The van der Waals surface area contributed by atoms with Gasteiger partial charge >= 0.3 is 11.9 Å². The molecule has 1 aliphatic heterocycles. The summed E-state index contributed by atoms with van der Waals surface area (Å²) in [4.78, 5) is 22.7. The number of carbonyl (C=O) groups is 2. The quantitative estimate of drug-likeness (QED) is 0.501. The van der Waals surface area contributed by atoms with Crippen LogP contribution in [0.25, 0.3) is 0 Å². The molecule has 84 valence electrons. The second-order valence-electron chi connectivity index (χ2n) is 4.08. The molecule has 1 aliphatic rings. The van der Waals surface area contributed by atoms with E-state index >= 15 is 0 Å². The van der Waals surface area contributed by atoms with Crippen molar-refractivity contribution in [2.24, 2.45) is 0 Å². The average molecular weight is 226 g/mol. The summed E-state index contributed by atoms with van der Waals surface area (Å²) in [5.74, 6) is -3.70. The van der Waals surface area contributed by atoms with Crippen molar-refractivity contribution in [3.05, 3.63) is 34.9 Å². The number of halogens is 2. The molecule has 16 heavy (non-hydrogen) atoms. The number of cyclic esters (lactones) is 2. The van der Waals surface area contributed by atoms with Gasteiger partial charge in [0.15, 0.2) is 0 Å². The van der Waals surface area contributed by atoms with Crippen molar-refractivity contribution in [1.82, 2.24) is 0 Å². The zero-order valence-electron chi connectivity index (χ0n) is 8.64. The monoisotopic (exact) mass is 226 g/mol. The van der Waals surface area contributed by atoms with Gasteiger partial charge in [-0.15, -0.1) is 0 Å². The highest BCUT2D eigenvalue weighted by Crippen LogP contribution is 2.35. The van der Waals surface area contributed by atoms with E-state index in [9.17, 15) is 18.4 Å². The van der Waals surface area contributed by atoms with Crippen LogP contribution in [0, 0.1) is 11.6 Å². The highest BCUT2D eigenvalue weighted by Gasteiger charge is 2.45. The Balaban J connectivity index is 2.84. The molecule has 0 fully saturated rings. The SMILES string of the molecule is CC1(C)C(=O)OC(=O)c2c(F)ccc(F)c21. The molecule has 1 aromatic carbocycles. The van der Waals surface area contributed by atoms with Gasteiger partial charge in [0.2, 0.25) is 0 Å². The Hall–Kier alpha value is -1.78. The highest BCUT2D eigenvalue weighted by molar-refractivity contribution is 6.06. The van der Waals surface area contributed by atoms with Gasteiger partial charge in [-0.3, -0.25) is 4.79 Å². The number of fused-ring (bicyclic) bond motifs is 1. The molecule has 0 aliphatic carbocycles. The third kappa shape index (κ3) is 1.24. The van der Waals surface area contributed by atoms with E-state index in [1.165, 1.54) is 13.8 Å². The van der Waals surface area contributed by atoms with Crippen molar-refractivity contribution in [2.75, 3.05) is 0 Å². The van der Waals surface area contributed by atoms with Gasteiger partial charge in [0, 0.05) is 5.56 Å². The number of hydrogen-bond donors (Lipinski definition) is 0. The molecule has 0 bridgehead atoms. The smallest absolute Gasteiger partial charge is 0.349 e. The number of hydrogen-bond acceptors (Lipinski definition) is 3. The van der Waals surface area contributed by atoms with E-state index in [0.717, 1.165) is 12.1 Å². The van der Waals surface area contributed by atoms with E-state index in [2.05, 4.69) is 4.74 Å². The Morgan fingerprint density at radius 1 is 1.12 bits per heavy atom. The Kier molecular flexibility index (Phi) is 2.08. The van der Waals surface area contributed by atoms with Gasteiger partial charge in [-0.05, 0) is 26.0 Å². The minimum atomic E-state index is -1.37. The normalized spacial score (nSPS) is 18.0. The van der Waals surface area contributed by atoms with Crippen molar-refractivity contribution in [2.45, 2.75) is 19.3 Å². The number of ether oxygens (including phenoxy) is 1. The molecule has 0 aromatic heterocycles. The van der Waals surface area contributed by atoms with Crippen LogP contribution in [-0.4, -0.2) is 11.9 Å². The van der Waals surface area contributed by atoms with Gasteiger partial charge in [0.05, 0.1) is 5.41 Å². The molecule has 0 atom stereocenters. The molecule has 0 spiro atoms. The maximum absolute atomic E-state index is 13.6. The second-order valence-corrected chi connectivity index (χ2v) is 4.08. The van der Waals surface area contributed by atoms with Crippen LogP contribution in [0.15, 0.2) is 12.1 Å². The Bertz CT molecular complexity index is 506. The average Bonchev–Trinajstić information content (AvgIpc) is 2.18. The van der Waals surface area contributed by atoms with Crippen LogP contribution in [0.4, 0.5) is 8.78 Å². The van der Waals surface area contributed by atoms with Gasteiger partial charge in [0.1, 0.15) is 17.2 Å². The molecule has 0 radical (unpaired) electrons. The van der Waals surface area contributed by atoms with Crippen molar-refractivity contribution in [1.29, 1.82) is 0 Å². The Labute approximate surface area is 90.0 Å². The molecule has 0 amide bonds. The van der Waals surface area contributed by atoms with Crippen molar-refractivity contribution < 1.29 is 23.1 Å². The summed E-state index contributed by atoms with van der Waals surface area (Å²) in [6.07, 6.45) is 0. The molecule has 2 rings (SSSR count). The molecule has 1 aromatic rings. The largest absolute Gasteiger partial charge is 0.389 e. The third-order valence-electron chi connectivity index (χ3n) is 2.63. The summed E-state index contributed by atoms with van der Waals surface area (Å²) in [7, 11) is 0. The first-order chi connectivity index (χ1) is 7.35. The van der Waals surface area contributed by atoms with Gasteiger partial charge < -0.3 is 4.74 Å². The molecule has 0 unspecified atom stereocenters. The zero-order chi connectivity index (χ0) is 12.1. The fraction of sp³-hybridized carbons (Fsp3) is 0.273. The predicted octanol–water partition coefficient (Wildman–Crippen LogP) is 1.94. The maximum Gasteiger partial charge on any atom is 0.349 e. The summed E-state index contributed by atoms with van der Waals surface area (Å²) >= 11 is 0. The van der Waals surface area contributed by atoms with Crippen molar-refractivity contribution in [3.8, 4) is 0 Å². The van der Waals surface area contributed by atoms with E-state index < -0.39 is 34.6 Å². The summed E-state index contributed by atoms with van der Waals surface area (Å²) in [6, 6.07) is 1.73. The van der Waals surface area contributed by atoms with Crippen LogP contribution in [0.5, 0.6) is 0 Å². The third-order valence-corrected chi connectivity index (χ3v) is 2.63. The topological polar surface area (TPSA) is 43.4 Å². The van der Waals surface area contributed by atoms with Crippen LogP contribution in [0.3, 0.4) is 0 Å². The number of rotatable bonds is 0. The zero-order valence-corrected chi connectivity index (χ0v) is 8.64. The molecule has 5 heteroatoms. The Morgan fingerprint density at radius 3 is 2.31 bits per heavy atom.